The van der Waals surface area contributed by atoms with Gasteiger partial charge in [-0.2, -0.15) is 0 Å². The van der Waals surface area contributed by atoms with E-state index in [1.54, 1.807) is 0 Å². The highest BCUT2D eigenvalue weighted by molar-refractivity contribution is 5.11. The highest BCUT2D eigenvalue weighted by Crippen LogP contribution is 2.21. The van der Waals surface area contributed by atoms with Gasteiger partial charge in [0.05, 0.1) is 11.7 Å². The largest absolute Gasteiger partial charge is 0.326 e. The van der Waals surface area contributed by atoms with Gasteiger partial charge in [-0.25, -0.2) is 0 Å². The van der Waals surface area contributed by atoms with E-state index < -0.39 is 0 Å². The van der Waals surface area contributed by atoms with Crippen LogP contribution in [0, 0.1) is 0 Å². The number of hydrogen-bond donors (Lipinski definition) is 1. The van der Waals surface area contributed by atoms with Gasteiger partial charge in [-0.05, 0) is 38.6 Å². The van der Waals surface area contributed by atoms with Crippen LogP contribution in [0.1, 0.15) is 38.9 Å². The average Bonchev–Trinajstić information content (AvgIpc) is 2.29. The number of nitrogens with two attached hydrogens (primary N) is 1. The van der Waals surface area contributed by atoms with Crippen molar-refractivity contribution < 1.29 is 0 Å². The van der Waals surface area contributed by atoms with E-state index >= 15 is 0 Å². The van der Waals surface area contributed by atoms with Crippen molar-refractivity contribution in [2.45, 2.75) is 39.3 Å². The molecule has 1 rings (SSSR count). The summed E-state index contributed by atoms with van der Waals surface area (Å²) < 4.78 is 0. The summed E-state index contributed by atoms with van der Waals surface area (Å²) >= 11 is 0. The van der Waals surface area contributed by atoms with E-state index in [0.717, 1.165) is 25.2 Å². The fraction of sp³-hybridized carbons (Fsp3) is 0.615. The minimum atomic E-state index is 0.0985. The zero-order valence-corrected chi connectivity index (χ0v) is 10.6. The molecule has 0 aliphatic carbocycles. The number of pyridine rings is 1. The maximum Gasteiger partial charge on any atom is 0.0670 e. The molecular formula is C13H23N3. The van der Waals surface area contributed by atoms with Crippen LogP contribution in [0.4, 0.5) is 0 Å². The van der Waals surface area contributed by atoms with Crippen LogP contribution in [-0.4, -0.2) is 29.0 Å². The molecule has 0 aromatic carbocycles. The molecule has 0 radical (unpaired) electrons. The molecule has 0 aliphatic rings. The number of hydrogen-bond acceptors (Lipinski definition) is 3. The van der Waals surface area contributed by atoms with E-state index in [9.17, 15) is 0 Å². The maximum atomic E-state index is 6.09. The minimum absolute atomic E-state index is 0.0985. The van der Waals surface area contributed by atoms with Crippen LogP contribution >= 0.6 is 0 Å². The quantitative estimate of drug-likeness (QED) is 0.800. The van der Waals surface area contributed by atoms with E-state index in [1.807, 2.05) is 18.3 Å². The molecule has 2 unspecified atom stereocenters. The summed E-state index contributed by atoms with van der Waals surface area (Å²) in [5, 5.41) is 0. The lowest BCUT2D eigenvalue weighted by Gasteiger charge is -2.32. The predicted molar refractivity (Wildman–Crippen MR) is 68.2 cm³/mol. The Bertz CT molecular complexity index is 284. The average molecular weight is 221 g/mol. The van der Waals surface area contributed by atoms with Crippen molar-refractivity contribution in [2.75, 3.05) is 13.1 Å². The number of rotatable bonds is 6. The van der Waals surface area contributed by atoms with Crippen molar-refractivity contribution in [2.24, 2.45) is 5.73 Å². The molecule has 1 aromatic heterocycles. The molecule has 0 bridgehead atoms. The molecule has 0 spiro atoms. The fourth-order valence-electron chi connectivity index (χ4n) is 2.12. The Labute approximate surface area is 98.7 Å². The second-order valence-electron chi connectivity index (χ2n) is 4.19. The van der Waals surface area contributed by atoms with Gasteiger partial charge in [0.25, 0.3) is 0 Å². The van der Waals surface area contributed by atoms with Crippen LogP contribution in [-0.2, 0) is 0 Å². The van der Waals surface area contributed by atoms with Crippen LogP contribution in [0.3, 0.4) is 0 Å². The van der Waals surface area contributed by atoms with Crippen LogP contribution in [0.2, 0.25) is 0 Å². The summed E-state index contributed by atoms with van der Waals surface area (Å²) in [6, 6.07) is 6.36. The first-order valence-corrected chi connectivity index (χ1v) is 6.11. The molecule has 0 aliphatic heterocycles. The standard InChI is InChI=1S/C13H23N3/c1-4-10-16(5-2)13(11(3)14)12-8-6-7-9-15-12/h6-9,11,13H,4-5,10,14H2,1-3H3. The second kappa shape index (κ2) is 6.61. The number of likely N-dealkylation sites (N-methyl/N-ethyl adjacent to an activating group) is 1. The summed E-state index contributed by atoms with van der Waals surface area (Å²) in [5.41, 5.74) is 7.17. The topological polar surface area (TPSA) is 42.2 Å². The minimum Gasteiger partial charge on any atom is -0.326 e. The maximum absolute atomic E-state index is 6.09. The number of aromatic nitrogens is 1. The molecule has 2 atom stereocenters. The first-order chi connectivity index (χ1) is 7.70. The third-order valence-corrected chi connectivity index (χ3v) is 2.80. The van der Waals surface area contributed by atoms with Gasteiger partial charge in [-0.15, -0.1) is 0 Å². The summed E-state index contributed by atoms with van der Waals surface area (Å²) in [4.78, 5) is 6.83. The third kappa shape index (κ3) is 3.29. The monoisotopic (exact) mass is 221 g/mol. The van der Waals surface area contributed by atoms with Gasteiger partial charge in [0.2, 0.25) is 0 Å². The highest BCUT2D eigenvalue weighted by atomic mass is 15.2. The predicted octanol–water partition coefficient (Wildman–Crippen LogP) is 2.20. The van der Waals surface area contributed by atoms with Crippen molar-refractivity contribution in [1.29, 1.82) is 0 Å². The lowest BCUT2D eigenvalue weighted by Crippen LogP contribution is -2.40. The third-order valence-electron chi connectivity index (χ3n) is 2.80. The Hall–Kier alpha value is -0.930. The summed E-state index contributed by atoms with van der Waals surface area (Å²) in [5.74, 6) is 0. The molecule has 0 saturated carbocycles. The Balaban J connectivity index is 2.90. The fourth-order valence-corrected chi connectivity index (χ4v) is 2.12. The molecule has 90 valence electrons. The Morgan fingerprint density at radius 1 is 1.38 bits per heavy atom. The molecule has 0 saturated heterocycles. The lowest BCUT2D eigenvalue weighted by molar-refractivity contribution is 0.182. The van der Waals surface area contributed by atoms with Gasteiger partial charge < -0.3 is 5.73 Å². The van der Waals surface area contributed by atoms with Crippen LogP contribution in [0.15, 0.2) is 24.4 Å². The van der Waals surface area contributed by atoms with Gasteiger partial charge in [-0.1, -0.05) is 19.9 Å². The molecule has 2 N–H and O–H groups in total. The van der Waals surface area contributed by atoms with Crippen molar-refractivity contribution in [3.8, 4) is 0 Å². The van der Waals surface area contributed by atoms with Gasteiger partial charge in [-0.3, -0.25) is 9.88 Å². The van der Waals surface area contributed by atoms with Gasteiger partial charge in [0.1, 0.15) is 0 Å². The molecule has 16 heavy (non-hydrogen) atoms. The summed E-state index contributed by atoms with van der Waals surface area (Å²) in [6.07, 6.45) is 2.98. The Morgan fingerprint density at radius 3 is 2.56 bits per heavy atom. The van der Waals surface area contributed by atoms with Gasteiger partial charge in [0, 0.05) is 12.2 Å². The van der Waals surface area contributed by atoms with E-state index in [1.165, 1.54) is 0 Å². The molecule has 1 heterocycles. The molecule has 3 heteroatoms. The molecule has 0 amide bonds. The van der Waals surface area contributed by atoms with Crippen LogP contribution in [0.25, 0.3) is 0 Å². The van der Waals surface area contributed by atoms with Crippen LogP contribution < -0.4 is 5.73 Å². The van der Waals surface area contributed by atoms with Crippen molar-refractivity contribution in [3.05, 3.63) is 30.1 Å². The summed E-state index contributed by atoms with van der Waals surface area (Å²) in [6.45, 7) is 8.50. The molecule has 1 aromatic rings. The summed E-state index contributed by atoms with van der Waals surface area (Å²) in [7, 11) is 0. The van der Waals surface area contributed by atoms with Gasteiger partial charge >= 0.3 is 0 Å². The normalized spacial score (nSPS) is 15.1. The second-order valence-corrected chi connectivity index (χ2v) is 4.19. The van der Waals surface area contributed by atoms with Crippen molar-refractivity contribution >= 4 is 0 Å². The number of nitrogens with zero attached hydrogens (tertiary/aromatic N) is 2. The first kappa shape index (κ1) is 13.1. The lowest BCUT2D eigenvalue weighted by atomic mass is 10.0. The van der Waals surface area contributed by atoms with Crippen LogP contribution in [0.5, 0.6) is 0 Å². The van der Waals surface area contributed by atoms with E-state index in [-0.39, 0.29) is 12.1 Å². The molecule has 3 nitrogen and oxygen atoms in total. The first-order valence-electron chi connectivity index (χ1n) is 6.11. The molecule has 0 fully saturated rings. The van der Waals surface area contributed by atoms with E-state index in [0.29, 0.717) is 0 Å². The Morgan fingerprint density at radius 2 is 2.12 bits per heavy atom. The zero-order chi connectivity index (χ0) is 12.0. The molecular weight excluding hydrogens is 198 g/mol. The highest BCUT2D eigenvalue weighted by Gasteiger charge is 2.23. The van der Waals surface area contributed by atoms with E-state index in [2.05, 4.69) is 36.7 Å². The van der Waals surface area contributed by atoms with Gasteiger partial charge in [0.15, 0.2) is 0 Å². The Kier molecular flexibility index (Phi) is 5.43. The van der Waals surface area contributed by atoms with E-state index in [4.69, 9.17) is 5.73 Å². The SMILES string of the molecule is CCCN(CC)C(c1ccccn1)C(C)N. The van der Waals surface area contributed by atoms with Crippen molar-refractivity contribution in [3.63, 3.8) is 0 Å². The zero-order valence-electron chi connectivity index (χ0n) is 10.6. The van der Waals surface area contributed by atoms with Crippen molar-refractivity contribution in [1.82, 2.24) is 9.88 Å². The smallest absolute Gasteiger partial charge is 0.0670 e.